The third kappa shape index (κ3) is 64.3. The zero-order chi connectivity index (χ0) is 55.7. The molecule has 0 rings (SSSR count). The lowest BCUT2D eigenvalue weighted by Crippen LogP contribution is -2.30. The molecule has 0 radical (unpaired) electrons. The van der Waals surface area contributed by atoms with Gasteiger partial charge in [0.2, 0.25) is 0 Å². The fourth-order valence-corrected chi connectivity index (χ4v) is 10.4. The summed E-state index contributed by atoms with van der Waals surface area (Å²) in [6.45, 7) is 6.67. The van der Waals surface area contributed by atoms with Gasteiger partial charge in [-0.2, -0.15) is 0 Å². The molecular formula is C71H132O6. The van der Waals surface area contributed by atoms with E-state index >= 15 is 0 Å². The molecule has 0 aliphatic carbocycles. The highest BCUT2D eigenvalue weighted by Crippen LogP contribution is 2.18. The summed E-state index contributed by atoms with van der Waals surface area (Å²) >= 11 is 0. The molecule has 0 saturated heterocycles. The van der Waals surface area contributed by atoms with Gasteiger partial charge in [0, 0.05) is 19.3 Å². The van der Waals surface area contributed by atoms with Crippen LogP contribution in [0.25, 0.3) is 0 Å². The number of hydrogen-bond acceptors (Lipinski definition) is 6. The molecule has 0 aromatic rings. The van der Waals surface area contributed by atoms with Crippen molar-refractivity contribution in [3.8, 4) is 0 Å². The minimum absolute atomic E-state index is 0.0720. The number of carbonyl (C=O) groups excluding carboxylic acids is 3. The monoisotopic (exact) mass is 1080 g/mol. The van der Waals surface area contributed by atoms with Gasteiger partial charge < -0.3 is 14.2 Å². The average Bonchev–Trinajstić information content (AvgIpc) is 3.43. The normalized spacial score (nSPS) is 12.2. The first-order chi connectivity index (χ1) is 38.0. The van der Waals surface area contributed by atoms with E-state index in [-0.39, 0.29) is 31.1 Å². The molecule has 0 spiro atoms. The third-order valence-electron chi connectivity index (χ3n) is 15.6. The van der Waals surface area contributed by atoms with Crippen molar-refractivity contribution in [2.75, 3.05) is 13.2 Å². The summed E-state index contributed by atoms with van der Waals surface area (Å²) in [6, 6.07) is 0. The lowest BCUT2D eigenvalue weighted by atomic mass is 10.0. The smallest absolute Gasteiger partial charge is 0.306 e. The molecule has 0 aromatic heterocycles. The van der Waals surface area contributed by atoms with Crippen molar-refractivity contribution in [3.63, 3.8) is 0 Å². The predicted octanol–water partition coefficient (Wildman–Crippen LogP) is 23.6. The quantitative estimate of drug-likeness (QED) is 0.0261. The molecule has 0 fully saturated rings. The molecule has 6 nitrogen and oxygen atoms in total. The second kappa shape index (κ2) is 66.1. The van der Waals surface area contributed by atoms with Crippen LogP contribution in [-0.4, -0.2) is 37.2 Å². The predicted molar refractivity (Wildman–Crippen MR) is 335 cm³/mol. The van der Waals surface area contributed by atoms with E-state index in [1.165, 1.54) is 270 Å². The van der Waals surface area contributed by atoms with E-state index < -0.39 is 6.10 Å². The van der Waals surface area contributed by atoms with Crippen LogP contribution in [0.5, 0.6) is 0 Å². The Morgan fingerprint density at radius 2 is 0.468 bits per heavy atom. The zero-order valence-corrected chi connectivity index (χ0v) is 52.0. The number of ether oxygens (including phenoxy) is 3. The van der Waals surface area contributed by atoms with Crippen LogP contribution in [0.2, 0.25) is 0 Å². The standard InChI is InChI=1S/C71H132O6/c1-4-7-10-13-16-19-22-25-28-30-32-33-34-35-36-37-38-40-41-43-46-49-52-55-58-61-64-70(73)76-67-68(66-75-69(72)63-60-57-54-51-48-45-27-24-21-18-15-12-9-6-3)77-71(74)65-62-59-56-53-50-47-44-42-39-31-29-26-23-20-17-14-11-8-5-2/h17,20,24,26-27,29,68H,4-16,18-19,21-23,25,28,30-67H2,1-3H3/b20-17-,27-24-,29-26-. The number of hydrogen-bond donors (Lipinski definition) is 0. The van der Waals surface area contributed by atoms with E-state index in [1.807, 2.05) is 0 Å². The van der Waals surface area contributed by atoms with E-state index in [0.29, 0.717) is 19.3 Å². The highest BCUT2D eigenvalue weighted by molar-refractivity contribution is 5.71. The van der Waals surface area contributed by atoms with Crippen molar-refractivity contribution < 1.29 is 28.6 Å². The number of allylic oxidation sites excluding steroid dienone is 6. The van der Waals surface area contributed by atoms with Crippen molar-refractivity contribution in [3.05, 3.63) is 36.5 Å². The van der Waals surface area contributed by atoms with Crippen molar-refractivity contribution in [1.82, 2.24) is 0 Å². The van der Waals surface area contributed by atoms with Crippen molar-refractivity contribution in [2.45, 2.75) is 386 Å². The fraction of sp³-hybridized carbons (Fsp3) is 0.873. The second-order valence-electron chi connectivity index (χ2n) is 23.4. The Morgan fingerprint density at radius 3 is 0.753 bits per heavy atom. The van der Waals surface area contributed by atoms with Crippen LogP contribution < -0.4 is 0 Å². The Labute approximate surface area is 480 Å². The number of carbonyl (C=O) groups is 3. The van der Waals surface area contributed by atoms with Gasteiger partial charge in [0.05, 0.1) is 0 Å². The Hall–Kier alpha value is -2.37. The molecule has 0 aliphatic rings. The van der Waals surface area contributed by atoms with Gasteiger partial charge in [0.25, 0.3) is 0 Å². The minimum atomic E-state index is -0.777. The lowest BCUT2D eigenvalue weighted by molar-refractivity contribution is -0.167. The summed E-state index contributed by atoms with van der Waals surface area (Å²) < 4.78 is 17.0. The molecule has 0 saturated carbocycles. The largest absolute Gasteiger partial charge is 0.462 e. The lowest BCUT2D eigenvalue weighted by Gasteiger charge is -2.18. The molecule has 6 heteroatoms. The molecule has 0 aromatic carbocycles. The van der Waals surface area contributed by atoms with Crippen LogP contribution in [0.15, 0.2) is 36.5 Å². The number of rotatable bonds is 64. The van der Waals surface area contributed by atoms with Gasteiger partial charge in [0.15, 0.2) is 6.10 Å². The summed E-state index contributed by atoms with van der Waals surface area (Å²) in [5.41, 5.74) is 0. The summed E-state index contributed by atoms with van der Waals surface area (Å²) in [7, 11) is 0. The Kier molecular flexibility index (Phi) is 64.1. The maximum Gasteiger partial charge on any atom is 0.306 e. The maximum absolute atomic E-state index is 12.9. The first kappa shape index (κ1) is 74.6. The van der Waals surface area contributed by atoms with Gasteiger partial charge in [-0.15, -0.1) is 0 Å². The number of esters is 3. The van der Waals surface area contributed by atoms with E-state index in [0.717, 1.165) is 70.6 Å². The fourth-order valence-electron chi connectivity index (χ4n) is 10.4. The van der Waals surface area contributed by atoms with E-state index in [9.17, 15) is 14.4 Å². The van der Waals surface area contributed by atoms with Crippen LogP contribution in [0.1, 0.15) is 380 Å². The van der Waals surface area contributed by atoms with Crippen molar-refractivity contribution in [1.29, 1.82) is 0 Å². The first-order valence-electron chi connectivity index (χ1n) is 34.5. The third-order valence-corrected chi connectivity index (χ3v) is 15.6. The van der Waals surface area contributed by atoms with Gasteiger partial charge in [0.1, 0.15) is 13.2 Å². The molecule has 0 aliphatic heterocycles. The molecular weight excluding hydrogens is 949 g/mol. The van der Waals surface area contributed by atoms with E-state index in [1.54, 1.807) is 0 Å². The Bertz CT molecular complexity index is 1290. The molecule has 0 heterocycles. The van der Waals surface area contributed by atoms with Crippen LogP contribution >= 0.6 is 0 Å². The molecule has 0 amide bonds. The van der Waals surface area contributed by atoms with Crippen LogP contribution in [0.3, 0.4) is 0 Å². The topological polar surface area (TPSA) is 78.9 Å². The van der Waals surface area contributed by atoms with E-state index in [2.05, 4.69) is 57.2 Å². The van der Waals surface area contributed by atoms with E-state index in [4.69, 9.17) is 14.2 Å². The van der Waals surface area contributed by atoms with Crippen LogP contribution in [0.4, 0.5) is 0 Å². The van der Waals surface area contributed by atoms with Gasteiger partial charge >= 0.3 is 17.9 Å². The highest BCUT2D eigenvalue weighted by atomic mass is 16.6. The zero-order valence-electron chi connectivity index (χ0n) is 52.0. The highest BCUT2D eigenvalue weighted by Gasteiger charge is 2.19. The number of unbranched alkanes of at least 4 members (excludes halogenated alkanes) is 47. The summed E-state index contributed by atoms with van der Waals surface area (Å²) in [4.78, 5) is 38.4. The summed E-state index contributed by atoms with van der Waals surface area (Å²) in [5.74, 6) is -0.859. The molecule has 1 unspecified atom stereocenters. The van der Waals surface area contributed by atoms with Crippen LogP contribution in [-0.2, 0) is 28.6 Å². The minimum Gasteiger partial charge on any atom is -0.462 e. The molecule has 0 bridgehead atoms. The Morgan fingerprint density at radius 1 is 0.260 bits per heavy atom. The van der Waals surface area contributed by atoms with Gasteiger partial charge in [-0.1, -0.05) is 320 Å². The van der Waals surface area contributed by atoms with Crippen molar-refractivity contribution >= 4 is 17.9 Å². The SMILES string of the molecule is CCCCC/C=C\C/C=C\CCCCCCCCCCCC(=O)OC(COC(=O)CCCCCCC/C=C\CCCCCCC)COC(=O)CCCCCCCCCCCCCCCCCCCCCCCCCCCC. The average molecular weight is 1080 g/mol. The van der Waals surface area contributed by atoms with Gasteiger partial charge in [-0.25, -0.2) is 0 Å². The van der Waals surface area contributed by atoms with Crippen molar-refractivity contribution in [2.24, 2.45) is 0 Å². The molecule has 0 N–H and O–H groups in total. The molecule has 77 heavy (non-hydrogen) atoms. The van der Waals surface area contributed by atoms with Crippen LogP contribution in [0, 0.1) is 0 Å². The van der Waals surface area contributed by atoms with Gasteiger partial charge in [-0.05, 0) is 77.0 Å². The summed E-state index contributed by atoms with van der Waals surface area (Å²) in [6.07, 6.45) is 81.7. The summed E-state index contributed by atoms with van der Waals surface area (Å²) in [5, 5.41) is 0. The first-order valence-corrected chi connectivity index (χ1v) is 34.5. The molecule has 452 valence electrons. The maximum atomic E-state index is 12.9. The molecule has 1 atom stereocenters. The van der Waals surface area contributed by atoms with Gasteiger partial charge in [-0.3, -0.25) is 14.4 Å². The Balaban J connectivity index is 4.24. The second-order valence-corrected chi connectivity index (χ2v) is 23.4.